The highest BCUT2D eigenvalue weighted by Crippen LogP contribution is 2.28. The van der Waals surface area contributed by atoms with Crippen LogP contribution in [0.15, 0.2) is 22.7 Å². The molecule has 1 aromatic carbocycles. The lowest BCUT2D eigenvalue weighted by Gasteiger charge is -2.17. The summed E-state index contributed by atoms with van der Waals surface area (Å²) < 4.78 is 5.69. The lowest BCUT2D eigenvalue weighted by atomic mass is 10.1. The van der Waals surface area contributed by atoms with Crippen LogP contribution < -0.4 is 4.90 Å². The molecule has 0 saturated carbocycles. The van der Waals surface area contributed by atoms with E-state index in [4.69, 9.17) is 0 Å². The van der Waals surface area contributed by atoms with Crippen molar-refractivity contribution in [1.29, 1.82) is 0 Å². The van der Waals surface area contributed by atoms with Gasteiger partial charge in [0, 0.05) is 23.1 Å². The van der Waals surface area contributed by atoms with Crippen LogP contribution in [0.4, 0.5) is 5.69 Å². The van der Waals surface area contributed by atoms with E-state index in [0.29, 0.717) is 6.54 Å². The zero-order chi connectivity index (χ0) is 13.3. The van der Waals surface area contributed by atoms with Gasteiger partial charge < -0.3 is 9.64 Å². The van der Waals surface area contributed by atoms with Gasteiger partial charge in [-0.25, -0.2) is 0 Å². The van der Waals surface area contributed by atoms with Crippen molar-refractivity contribution in [2.45, 2.75) is 13.3 Å². The first kappa shape index (κ1) is 13.1. The van der Waals surface area contributed by atoms with Crippen LogP contribution in [0.5, 0.6) is 0 Å². The molecule has 0 aliphatic carbocycles. The molecule has 0 N–H and O–H groups in total. The third-order valence-corrected chi connectivity index (χ3v) is 4.00. The second-order valence-corrected chi connectivity index (χ2v) is 5.22. The molecule has 2 rings (SSSR count). The summed E-state index contributed by atoms with van der Waals surface area (Å²) in [7, 11) is 1.35. The maximum Gasteiger partial charge on any atom is 0.311 e. The molecule has 1 heterocycles. The monoisotopic (exact) mass is 311 g/mol. The number of ether oxygens (including phenoxy) is 1. The summed E-state index contributed by atoms with van der Waals surface area (Å²) in [5.74, 6) is -0.710. The van der Waals surface area contributed by atoms with Gasteiger partial charge in [-0.05, 0) is 30.7 Å². The molecule has 1 amide bonds. The van der Waals surface area contributed by atoms with E-state index in [2.05, 4.69) is 20.7 Å². The summed E-state index contributed by atoms with van der Waals surface area (Å²) >= 11 is 3.42. The van der Waals surface area contributed by atoms with Crippen LogP contribution in [0.25, 0.3) is 0 Å². The number of rotatable bonds is 2. The summed E-state index contributed by atoms with van der Waals surface area (Å²) in [4.78, 5) is 25.0. The minimum absolute atomic E-state index is 0.0351. The highest BCUT2D eigenvalue weighted by Gasteiger charge is 2.35. The number of carbonyl (C=O) groups is 2. The highest BCUT2D eigenvalue weighted by molar-refractivity contribution is 9.10. The van der Waals surface area contributed by atoms with Crippen molar-refractivity contribution in [2.24, 2.45) is 5.92 Å². The SMILES string of the molecule is COC(=O)[C@H]1CC(=O)N(c2ccc(Br)c(C)c2)C1. The molecule has 0 radical (unpaired) electrons. The van der Waals surface area contributed by atoms with Crippen LogP contribution >= 0.6 is 15.9 Å². The average Bonchev–Trinajstić information content (AvgIpc) is 2.74. The minimum Gasteiger partial charge on any atom is -0.469 e. The Morgan fingerprint density at radius 2 is 2.22 bits per heavy atom. The topological polar surface area (TPSA) is 46.6 Å². The Morgan fingerprint density at radius 3 is 2.83 bits per heavy atom. The first-order valence-electron chi connectivity index (χ1n) is 5.67. The van der Waals surface area contributed by atoms with Crippen molar-refractivity contribution in [2.75, 3.05) is 18.6 Å². The molecule has 0 bridgehead atoms. The summed E-state index contributed by atoms with van der Waals surface area (Å²) in [5.41, 5.74) is 1.88. The van der Waals surface area contributed by atoms with E-state index in [1.807, 2.05) is 25.1 Å². The van der Waals surface area contributed by atoms with Gasteiger partial charge in [0.2, 0.25) is 5.91 Å². The molecule has 0 spiro atoms. The second-order valence-electron chi connectivity index (χ2n) is 4.36. The minimum atomic E-state index is -0.355. The van der Waals surface area contributed by atoms with Crippen LogP contribution in [0.3, 0.4) is 0 Å². The fraction of sp³-hybridized carbons (Fsp3) is 0.385. The number of esters is 1. The molecule has 18 heavy (non-hydrogen) atoms. The maximum atomic E-state index is 11.9. The average molecular weight is 312 g/mol. The molecule has 1 fully saturated rings. The largest absolute Gasteiger partial charge is 0.469 e. The Balaban J connectivity index is 2.21. The number of carbonyl (C=O) groups excluding carboxylic acids is 2. The molecule has 0 unspecified atom stereocenters. The molecule has 1 atom stereocenters. The molecule has 4 nitrogen and oxygen atoms in total. The van der Waals surface area contributed by atoms with E-state index in [0.717, 1.165) is 15.7 Å². The summed E-state index contributed by atoms with van der Waals surface area (Å²) in [6.07, 6.45) is 0.224. The van der Waals surface area contributed by atoms with Gasteiger partial charge in [-0.3, -0.25) is 9.59 Å². The second kappa shape index (κ2) is 5.10. The number of halogens is 1. The van der Waals surface area contributed by atoms with Gasteiger partial charge in [0.1, 0.15) is 0 Å². The van der Waals surface area contributed by atoms with Crippen molar-refractivity contribution in [3.05, 3.63) is 28.2 Å². The van der Waals surface area contributed by atoms with Crippen LogP contribution in [0.1, 0.15) is 12.0 Å². The number of anilines is 1. The molecule has 5 heteroatoms. The Bertz CT molecular complexity index is 501. The zero-order valence-corrected chi connectivity index (χ0v) is 11.9. The molecule has 96 valence electrons. The first-order valence-corrected chi connectivity index (χ1v) is 6.46. The van der Waals surface area contributed by atoms with Gasteiger partial charge in [-0.15, -0.1) is 0 Å². The number of nitrogens with zero attached hydrogens (tertiary/aromatic N) is 1. The Morgan fingerprint density at radius 1 is 1.50 bits per heavy atom. The maximum absolute atomic E-state index is 11.9. The van der Waals surface area contributed by atoms with E-state index in [-0.39, 0.29) is 24.2 Å². The van der Waals surface area contributed by atoms with Gasteiger partial charge in [-0.1, -0.05) is 15.9 Å². The molecule has 0 aromatic heterocycles. The lowest BCUT2D eigenvalue weighted by Crippen LogP contribution is -2.26. The smallest absolute Gasteiger partial charge is 0.311 e. The molecule has 1 saturated heterocycles. The van der Waals surface area contributed by atoms with Crippen molar-refractivity contribution in [1.82, 2.24) is 0 Å². The van der Waals surface area contributed by atoms with Crippen LogP contribution in [-0.4, -0.2) is 25.5 Å². The van der Waals surface area contributed by atoms with Crippen LogP contribution in [0, 0.1) is 12.8 Å². The Kier molecular flexibility index (Phi) is 3.71. The quantitative estimate of drug-likeness (QED) is 0.787. The fourth-order valence-corrected chi connectivity index (χ4v) is 2.33. The predicted molar refractivity (Wildman–Crippen MR) is 71.4 cm³/mol. The summed E-state index contributed by atoms with van der Waals surface area (Å²) in [5, 5.41) is 0. The normalized spacial score (nSPS) is 19.2. The molecule has 1 aliphatic heterocycles. The van der Waals surface area contributed by atoms with E-state index >= 15 is 0 Å². The van der Waals surface area contributed by atoms with Crippen molar-refractivity contribution in [3.63, 3.8) is 0 Å². The van der Waals surface area contributed by atoms with Gasteiger partial charge >= 0.3 is 5.97 Å². The number of methoxy groups -OCH3 is 1. The van der Waals surface area contributed by atoms with Gasteiger partial charge in [0.05, 0.1) is 13.0 Å². The lowest BCUT2D eigenvalue weighted by molar-refractivity contribution is -0.145. The molecule has 1 aliphatic rings. The third-order valence-electron chi connectivity index (χ3n) is 3.11. The number of aryl methyl sites for hydroxylation is 1. The molecular formula is C13H14BrNO3. The van der Waals surface area contributed by atoms with Crippen LogP contribution in [0.2, 0.25) is 0 Å². The predicted octanol–water partition coefficient (Wildman–Crippen LogP) is 2.28. The summed E-state index contributed by atoms with van der Waals surface area (Å²) in [6.45, 7) is 2.36. The first-order chi connectivity index (χ1) is 8.52. The van der Waals surface area contributed by atoms with Gasteiger partial charge in [0.15, 0.2) is 0 Å². The standard InChI is InChI=1S/C13H14BrNO3/c1-8-5-10(3-4-11(8)14)15-7-9(6-12(15)16)13(17)18-2/h3-5,9H,6-7H2,1-2H3/t9-/m0/s1. The number of benzene rings is 1. The number of amides is 1. The van der Waals surface area contributed by atoms with Gasteiger partial charge in [0.25, 0.3) is 0 Å². The van der Waals surface area contributed by atoms with E-state index in [1.54, 1.807) is 4.90 Å². The third kappa shape index (κ3) is 2.41. The van der Waals surface area contributed by atoms with E-state index < -0.39 is 0 Å². The van der Waals surface area contributed by atoms with Crippen molar-refractivity contribution < 1.29 is 14.3 Å². The Hall–Kier alpha value is -1.36. The fourth-order valence-electron chi connectivity index (χ4n) is 2.08. The van der Waals surface area contributed by atoms with Crippen molar-refractivity contribution in [3.8, 4) is 0 Å². The summed E-state index contributed by atoms with van der Waals surface area (Å²) in [6, 6.07) is 5.71. The number of hydrogen-bond donors (Lipinski definition) is 0. The molecular weight excluding hydrogens is 298 g/mol. The van der Waals surface area contributed by atoms with Crippen LogP contribution in [-0.2, 0) is 14.3 Å². The van der Waals surface area contributed by atoms with Gasteiger partial charge in [-0.2, -0.15) is 0 Å². The van der Waals surface area contributed by atoms with E-state index in [1.165, 1.54) is 7.11 Å². The number of hydrogen-bond acceptors (Lipinski definition) is 3. The van der Waals surface area contributed by atoms with Crippen molar-refractivity contribution >= 4 is 33.5 Å². The van der Waals surface area contributed by atoms with E-state index in [9.17, 15) is 9.59 Å². The zero-order valence-electron chi connectivity index (χ0n) is 10.3. The molecule has 1 aromatic rings. The Labute approximate surface area is 114 Å². The highest BCUT2D eigenvalue weighted by atomic mass is 79.9.